The van der Waals surface area contributed by atoms with Crippen molar-refractivity contribution in [1.29, 1.82) is 0 Å². The van der Waals surface area contributed by atoms with Gasteiger partial charge in [0, 0.05) is 36.7 Å². The summed E-state index contributed by atoms with van der Waals surface area (Å²) in [6.07, 6.45) is 0.390. The fourth-order valence-electron chi connectivity index (χ4n) is 3.46. The van der Waals surface area contributed by atoms with Gasteiger partial charge in [-0.25, -0.2) is 17.6 Å². The number of nitrogens with zero attached hydrogens (tertiary/aromatic N) is 2. The molecule has 10 heteroatoms. The van der Waals surface area contributed by atoms with Crippen LogP contribution in [0.15, 0.2) is 61.1 Å². The molecular formula is C19H14FN3O5S. The van der Waals surface area contributed by atoms with Crippen LogP contribution in [0.1, 0.15) is 11.3 Å². The molecule has 0 radical (unpaired) electrons. The zero-order valence-corrected chi connectivity index (χ0v) is 15.7. The average Bonchev–Trinajstić information content (AvgIpc) is 3.29. The number of nitrogens with one attached hydrogen (secondary N) is 1. The summed E-state index contributed by atoms with van der Waals surface area (Å²) in [6.45, 7) is 0.308. The number of rotatable bonds is 3. The summed E-state index contributed by atoms with van der Waals surface area (Å²) in [4.78, 5) is 13.8. The van der Waals surface area contributed by atoms with Crippen molar-refractivity contribution in [1.82, 2.24) is 14.4 Å². The van der Waals surface area contributed by atoms with E-state index in [1.54, 1.807) is 12.1 Å². The summed E-state index contributed by atoms with van der Waals surface area (Å²) in [6, 6.07) is 9.98. The Bertz CT molecular complexity index is 1390. The van der Waals surface area contributed by atoms with Crippen molar-refractivity contribution >= 4 is 21.1 Å². The third-order valence-electron chi connectivity index (χ3n) is 4.94. The van der Waals surface area contributed by atoms with E-state index >= 15 is 0 Å². The van der Waals surface area contributed by atoms with E-state index in [-0.39, 0.29) is 29.4 Å². The van der Waals surface area contributed by atoms with Crippen LogP contribution in [-0.4, -0.2) is 29.4 Å². The van der Waals surface area contributed by atoms with Gasteiger partial charge < -0.3 is 8.94 Å². The van der Waals surface area contributed by atoms with Crippen LogP contribution in [0.2, 0.25) is 0 Å². The third kappa shape index (κ3) is 2.97. The highest BCUT2D eigenvalue weighted by Crippen LogP contribution is 2.33. The number of halogens is 1. The molecule has 0 fully saturated rings. The predicted octanol–water partition coefficient (Wildman–Crippen LogP) is 2.66. The van der Waals surface area contributed by atoms with Crippen LogP contribution in [0.4, 0.5) is 4.39 Å². The number of hydrogen-bond acceptors (Lipinski definition) is 6. The van der Waals surface area contributed by atoms with Crippen molar-refractivity contribution in [3.05, 3.63) is 70.1 Å². The van der Waals surface area contributed by atoms with Crippen LogP contribution in [0, 0.1) is 5.82 Å². The lowest BCUT2D eigenvalue weighted by atomic mass is 10.0. The maximum atomic E-state index is 13.2. The van der Waals surface area contributed by atoms with Crippen molar-refractivity contribution in [3.8, 4) is 11.3 Å². The van der Waals surface area contributed by atoms with Gasteiger partial charge in [0.2, 0.25) is 10.0 Å². The second-order valence-electron chi connectivity index (χ2n) is 6.70. The Balaban J connectivity index is 1.51. The third-order valence-corrected chi connectivity index (χ3v) is 6.78. The first-order valence-electron chi connectivity index (χ1n) is 8.78. The fraction of sp³-hybridized carbons (Fsp3) is 0.158. The van der Waals surface area contributed by atoms with E-state index in [2.05, 4.69) is 10.1 Å². The number of hydrogen-bond donors (Lipinski definition) is 1. The fourth-order valence-corrected chi connectivity index (χ4v) is 4.88. The second kappa shape index (κ2) is 6.39. The summed E-state index contributed by atoms with van der Waals surface area (Å²) in [5, 5.41) is 4.04. The zero-order chi connectivity index (χ0) is 20.2. The largest absolute Gasteiger partial charge is 0.417 e. The van der Waals surface area contributed by atoms with Crippen LogP contribution in [0.25, 0.3) is 22.4 Å². The molecule has 148 valence electrons. The lowest BCUT2D eigenvalue weighted by molar-refractivity contribution is 0.386. The van der Waals surface area contributed by atoms with Gasteiger partial charge in [-0.1, -0.05) is 5.16 Å². The number of aromatic amines is 1. The van der Waals surface area contributed by atoms with Crippen molar-refractivity contribution in [3.63, 3.8) is 0 Å². The lowest BCUT2D eigenvalue weighted by Crippen LogP contribution is -2.35. The number of aromatic nitrogens is 2. The molecule has 1 aliphatic rings. The van der Waals surface area contributed by atoms with Crippen LogP contribution in [-0.2, 0) is 23.0 Å². The van der Waals surface area contributed by atoms with Gasteiger partial charge in [0.05, 0.1) is 16.1 Å². The van der Waals surface area contributed by atoms with E-state index in [1.807, 2.05) is 0 Å². The summed E-state index contributed by atoms with van der Waals surface area (Å²) in [5.41, 5.74) is 2.55. The molecule has 8 nitrogen and oxygen atoms in total. The van der Waals surface area contributed by atoms with E-state index in [9.17, 15) is 17.6 Å². The highest BCUT2D eigenvalue weighted by atomic mass is 32.2. The SMILES string of the molecule is O=c1[nH]c2ccc(S(=O)(=O)N3CCc4noc(-c5ccc(F)cc5)c4C3)cc2o1. The van der Waals surface area contributed by atoms with Crippen LogP contribution >= 0.6 is 0 Å². The number of sulfonamides is 1. The summed E-state index contributed by atoms with van der Waals surface area (Å²) >= 11 is 0. The minimum atomic E-state index is -3.84. The molecule has 0 bridgehead atoms. The Hall–Kier alpha value is -3.24. The quantitative estimate of drug-likeness (QED) is 0.551. The molecule has 2 aromatic carbocycles. The number of oxazole rings is 1. The first kappa shape index (κ1) is 17.8. The van der Waals surface area contributed by atoms with Crippen molar-refractivity contribution in [2.75, 3.05) is 6.54 Å². The minimum absolute atomic E-state index is 0.0241. The van der Waals surface area contributed by atoms with Gasteiger partial charge in [-0.05, 0) is 36.4 Å². The molecule has 0 saturated carbocycles. The highest BCUT2D eigenvalue weighted by Gasteiger charge is 2.32. The van der Waals surface area contributed by atoms with Crippen LogP contribution < -0.4 is 5.76 Å². The maximum absolute atomic E-state index is 13.2. The Morgan fingerprint density at radius 1 is 1.14 bits per heavy atom. The molecule has 4 aromatic rings. The molecule has 0 saturated heterocycles. The Labute approximate surface area is 163 Å². The molecule has 0 spiro atoms. The van der Waals surface area contributed by atoms with Gasteiger partial charge in [-0.15, -0.1) is 0 Å². The van der Waals surface area contributed by atoms with E-state index in [4.69, 9.17) is 8.94 Å². The first-order valence-corrected chi connectivity index (χ1v) is 10.2. The van der Waals surface area contributed by atoms with Gasteiger partial charge in [-0.3, -0.25) is 4.98 Å². The van der Waals surface area contributed by atoms with Gasteiger partial charge in [0.15, 0.2) is 11.3 Å². The van der Waals surface area contributed by atoms with E-state index in [0.717, 1.165) is 0 Å². The molecule has 0 aliphatic carbocycles. The standard InChI is InChI=1S/C19H14FN3O5S/c20-12-3-1-11(2-4-12)18-14-10-23(8-7-15(14)22-28-18)29(25,26)13-5-6-16-17(9-13)27-19(24)21-16/h1-6,9H,7-8,10H2,(H,21,24). The van der Waals surface area contributed by atoms with Crippen molar-refractivity contribution < 1.29 is 21.7 Å². The summed E-state index contributed by atoms with van der Waals surface area (Å²) < 4.78 is 51.3. The monoisotopic (exact) mass is 415 g/mol. The smallest absolute Gasteiger partial charge is 0.408 e. The maximum Gasteiger partial charge on any atom is 0.417 e. The van der Waals surface area contributed by atoms with Gasteiger partial charge >= 0.3 is 5.76 Å². The molecule has 1 aliphatic heterocycles. The summed E-state index contributed by atoms with van der Waals surface area (Å²) in [5.74, 6) is -0.601. The minimum Gasteiger partial charge on any atom is -0.408 e. The van der Waals surface area contributed by atoms with Crippen LogP contribution in [0.3, 0.4) is 0 Å². The van der Waals surface area contributed by atoms with Gasteiger partial charge in [0.1, 0.15) is 5.82 Å². The number of fused-ring (bicyclic) bond motifs is 2. The predicted molar refractivity (Wildman–Crippen MR) is 100 cm³/mol. The molecule has 1 N–H and O–H groups in total. The van der Waals surface area contributed by atoms with Crippen molar-refractivity contribution in [2.24, 2.45) is 0 Å². The Morgan fingerprint density at radius 2 is 1.93 bits per heavy atom. The molecule has 5 rings (SSSR count). The topological polar surface area (TPSA) is 109 Å². The molecule has 0 amide bonds. The zero-order valence-electron chi connectivity index (χ0n) is 14.9. The highest BCUT2D eigenvalue weighted by molar-refractivity contribution is 7.89. The Morgan fingerprint density at radius 3 is 2.72 bits per heavy atom. The van der Waals surface area contributed by atoms with Crippen LogP contribution in [0.5, 0.6) is 0 Å². The first-order chi connectivity index (χ1) is 13.9. The van der Waals surface area contributed by atoms with E-state index in [0.29, 0.717) is 34.5 Å². The molecule has 0 unspecified atom stereocenters. The number of benzene rings is 2. The normalized spacial score (nSPS) is 14.9. The molecular weight excluding hydrogens is 401 g/mol. The molecule has 29 heavy (non-hydrogen) atoms. The second-order valence-corrected chi connectivity index (χ2v) is 8.64. The van der Waals surface area contributed by atoms with Gasteiger partial charge in [0.25, 0.3) is 0 Å². The van der Waals surface area contributed by atoms with Gasteiger partial charge in [-0.2, -0.15) is 4.31 Å². The summed E-state index contributed by atoms with van der Waals surface area (Å²) in [7, 11) is -3.84. The van der Waals surface area contributed by atoms with E-state index in [1.165, 1.54) is 34.6 Å². The average molecular weight is 415 g/mol. The number of H-pyrrole nitrogens is 1. The Kier molecular flexibility index (Phi) is 3.93. The van der Waals surface area contributed by atoms with E-state index < -0.39 is 15.8 Å². The lowest BCUT2D eigenvalue weighted by Gasteiger charge is -2.25. The molecule has 2 aromatic heterocycles. The molecule has 0 atom stereocenters. The van der Waals surface area contributed by atoms with Crippen molar-refractivity contribution in [2.45, 2.75) is 17.9 Å². The molecule has 3 heterocycles.